The number of hydrogen-bond acceptors (Lipinski definition) is 4. The molecule has 6 heteroatoms. The fourth-order valence-corrected chi connectivity index (χ4v) is 4.33. The molecule has 0 aliphatic heterocycles. The van der Waals surface area contributed by atoms with Gasteiger partial charge in [0.15, 0.2) is 0 Å². The van der Waals surface area contributed by atoms with Crippen molar-refractivity contribution in [2.45, 2.75) is 46.0 Å². The van der Waals surface area contributed by atoms with E-state index in [0.29, 0.717) is 0 Å². The van der Waals surface area contributed by atoms with Gasteiger partial charge in [0.1, 0.15) is 11.6 Å². The summed E-state index contributed by atoms with van der Waals surface area (Å²) in [4.78, 5) is 23.3. The Hall–Kier alpha value is -3.02. The highest BCUT2D eigenvalue weighted by atomic mass is 16.3. The molecule has 6 nitrogen and oxygen atoms in total. The van der Waals surface area contributed by atoms with Crippen LogP contribution in [0.2, 0.25) is 0 Å². The second kappa shape index (κ2) is 8.78. The molecule has 0 unspecified atom stereocenters. The van der Waals surface area contributed by atoms with E-state index in [1.54, 1.807) is 12.1 Å². The summed E-state index contributed by atoms with van der Waals surface area (Å²) in [6.45, 7) is 5.95. The number of rotatable bonds is 6. The van der Waals surface area contributed by atoms with Crippen molar-refractivity contribution >= 4 is 28.3 Å². The number of fused-ring (bicyclic) bond motifs is 1. The van der Waals surface area contributed by atoms with Crippen LogP contribution in [0.15, 0.2) is 36.4 Å². The van der Waals surface area contributed by atoms with E-state index in [1.165, 1.54) is 6.42 Å². The fraction of sp³-hybridized carbons (Fsp3) is 0.417. The zero-order valence-corrected chi connectivity index (χ0v) is 17.7. The summed E-state index contributed by atoms with van der Waals surface area (Å²) in [5, 5.41) is 12.8. The Morgan fingerprint density at radius 2 is 1.83 bits per heavy atom. The number of nitrogens with one attached hydrogen (secondary N) is 2. The summed E-state index contributed by atoms with van der Waals surface area (Å²) in [7, 11) is 0. The molecule has 4 rings (SSSR count). The number of phenols is 1. The van der Waals surface area contributed by atoms with Gasteiger partial charge in [0.2, 0.25) is 5.91 Å². The predicted octanol–water partition coefficient (Wildman–Crippen LogP) is 5.30. The Balaban J connectivity index is 1.71. The van der Waals surface area contributed by atoms with Crippen LogP contribution in [-0.4, -0.2) is 34.1 Å². The summed E-state index contributed by atoms with van der Waals surface area (Å²) in [6.07, 6.45) is 5.45. The SMILES string of the molecule is CCN(CC)c1cc2[nH]c(-c3ccc(O)cc3)nc2cc1NC(=O)C1CCCCC1. The molecule has 30 heavy (non-hydrogen) atoms. The fourth-order valence-electron chi connectivity index (χ4n) is 4.33. The Morgan fingerprint density at radius 3 is 2.50 bits per heavy atom. The van der Waals surface area contributed by atoms with Gasteiger partial charge >= 0.3 is 0 Å². The van der Waals surface area contributed by atoms with E-state index in [4.69, 9.17) is 4.98 Å². The van der Waals surface area contributed by atoms with Gasteiger partial charge in [-0.05, 0) is 63.1 Å². The summed E-state index contributed by atoms with van der Waals surface area (Å²) >= 11 is 0. The minimum Gasteiger partial charge on any atom is -0.508 e. The number of benzene rings is 2. The van der Waals surface area contributed by atoms with Gasteiger partial charge in [0, 0.05) is 24.6 Å². The highest BCUT2D eigenvalue weighted by Gasteiger charge is 2.23. The molecule has 1 heterocycles. The van der Waals surface area contributed by atoms with Gasteiger partial charge in [-0.25, -0.2) is 4.98 Å². The maximum absolute atomic E-state index is 12.9. The molecule has 1 saturated carbocycles. The summed E-state index contributed by atoms with van der Waals surface area (Å²) in [5.41, 5.74) is 4.48. The molecular weight excluding hydrogens is 376 g/mol. The number of hydrogen-bond donors (Lipinski definition) is 3. The minimum atomic E-state index is 0.103. The van der Waals surface area contributed by atoms with Crippen LogP contribution in [-0.2, 0) is 4.79 Å². The third-order valence-electron chi connectivity index (χ3n) is 6.08. The molecule has 3 aromatic rings. The molecular formula is C24H30N4O2. The van der Waals surface area contributed by atoms with Crippen molar-refractivity contribution in [2.24, 2.45) is 5.92 Å². The number of H-pyrrole nitrogens is 1. The van der Waals surface area contributed by atoms with E-state index in [0.717, 1.165) is 72.6 Å². The lowest BCUT2D eigenvalue weighted by Gasteiger charge is -2.26. The van der Waals surface area contributed by atoms with Gasteiger partial charge in [0.05, 0.1) is 22.4 Å². The molecule has 1 fully saturated rings. The van der Waals surface area contributed by atoms with Crippen LogP contribution < -0.4 is 10.2 Å². The zero-order valence-electron chi connectivity index (χ0n) is 17.7. The molecule has 0 saturated heterocycles. The largest absolute Gasteiger partial charge is 0.508 e. The van der Waals surface area contributed by atoms with Crippen LogP contribution in [0, 0.1) is 5.92 Å². The standard InChI is InChI=1S/C24H30N4O2/c1-3-28(4-2)22-15-20-19(25-23(26-20)16-10-12-18(29)13-11-16)14-21(22)27-24(30)17-8-6-5-7-9-17/h10-15,17,29H,3-9H2,1-2H3,(H,25,26)(H,27,30). The third-order valence-corrected chi connectivity index (χ3v) is 6.08. The van der Waals surface area contributed by atoms with Crippen LogP contribution in [0.25, 0.3) is 22.4 Å². The second-order valence-electron chi connectivity index (χ2n) is 8.02. The molecule has 2 aromatic carbocycles. The number of anilines is 2. The van der Waals surface area contributed by atoms with Crippen molar-refractivity contribution in [3.63, 3.8) is 0 Å². The lowest BCUT2D eigenvalue weighted by molar-refractivity contribution is -0.120. The van der Waals surface area contributed by atoms with E-state index in [9.17, 15) is 9.90 Å². The maximum Gasteiger partial charge on any atom is 0.227 e. The lowest BCUT2D eigenvalue weighted by Crippen LogP contribution is -2.27. The molecule has 1 aliphatic carbocycles. The molecule has 1 amide bonds. The molecule has 0 spiro atoms. The lowest BCUT2D eigenvalue weighted by atomic mass is 9.88. The number of aromatic amines is 1. The van der Waals surface area contributed by atoms with Crippen molar-refractivity contribution in [1.29, 1.82) is 0 Å². The summed E-state index contributed by atoms with van der Waals surface area (Å²) in [5.74, 6) is 1.19. The van der Waals surface area contributed by atoms with Crippen molar-refractivity contribution in [3.8, 4) is 17.1 Å². The van der Waals surface area contributed by atoms with Crippen molar-refractivity contribution < 1.29 is 9.90 Å². The third kappa shape index (κ3) is 4.13. The Morgan fingerprint density at radius 1 is 1.13 bits per heavy atom. The first-order valence-electron chi connectivity index (χ1n) is 11.0. The number of carbonyl (C=O) groups excluding carboxylic acids is 1. The highest BCUT2D eigenvalue weighted by molar-refractivity contribution is 5.99. The highest BCUT2D eigenvalue weighted by Crippen LogP contribution is 2.34. The molecule has 0 radical (unpaired) electrons. The quantitative estimate of drug-likeness (QED) is 0.519. The van der Waals surface area contributed by atoms with Crippen molar-refractivity contribution in [3.05, 3.63) is 36.4 Å². The van der Waals surface area contributed by atoms with Crippen LogP contribution in [0.3, 0.4) is 0 Å². The Kier molecular flexibility index (Phi) is 5.93. The molecule has 0 bridgehead atoms. The molecule has 1 aliphatic rings. The summed E-state index contributed by atoms with van der Waals surface area (Å²) < 4.78 is 0. The van der Waals surface area contributed by atoms with Gasteiger partial charge < -0.3 is 20.3 Å². The monoisotopic (exact) mass is 406 g/mol. The van der Waals surface area contributed by atoms with Gasteiger partial charge in [-0.15, -0.1) is 0 Å². The number of aromatic nitrogens is 2. The van der Waals surface area contributed by atoms with E-state index in [-0.39, 0.29) is 17.6 Å². The smallest absolute Gasteiger partial charge is 0.227 e. The first kappa shape index (κ1) is 20.3. The average Bonchev–Trinajstić information content (AvgIpc) is 3.18. The molecule has 1 aromatic heterocycles. The van der Waals surface area contributed by atoms with E-state index >= 15 is 0 Å². The number of imidazole rings is 1. The van der Waals surface area contributed by atoms with Gasteiger partial charge in [-0.2, -0.15) is 0 Å². The number of aromatic hydroxyl groups is 1. The van der Waals surface area contributed by atoms with Crippen LogP contribution in [0.1, 0.15) is 46.0 Å². The topological polar surface area (TPSA) is 81.2 Å². The molecule has 158 valence electrons. The van der Waals surface area contributed by atoms with Gasteiger partial charge in [0.25, 0.3) is 0 Å². The van der Waals surface area contributed by atoms with Crippen molar-refractivity contribution in [1.82, 2.24) is 9.97 Å². The maximum atomic E-state index is 12.9. The Labute approximate surface area is 177 Å². The average molecular weight is 407 g/mol. The van der Waals surface area contributed by atoms with Crippen LogP contribution in [0.5, 0.6) is 5.75 Å². The summed E-state index contributed by atoms with van der Waals surface area (Å²) in [6, 6.07) is 11.0. The van der Waals surface area contributed by atoms with Crippen LogP contribution >= 0.6 is 0 Å². The predicted molar refractivity (Wildman–Crippen MR) is 122 cm³/mol. The number of nitrogens with zero attached hydrogens (tertiary/aromatic N) is 2. The second-order valence-corrected chi connectivity index (χ2v) is 8.02. The van der Waals surface area contributed by atoms with E-state index in [2.05, 4.69) is 35.1 Å². The molecule has 3 N–H and O–H groups in total. The van der Waals surface area contributed by atoms with Crippen LogP contribution in [0.4, 0.5) is 11.4 Å². The minimum absolute atomic E-state index is 0.103. The van der Waals surface area contributed by atoms with Crippen molar-refractivity contribution in [2.75, 3.05) is 23.3 Å². The number of amides is 1. The number of phenolic OH excluding ortho intramolecular Hbond substituents is 1. The first-order valence-corrected chi connectivity index (χ1v) is 11.0. The normalized spacial score (nSPS) is 14.7. The van der Waals surface area contributed by atoms with E-state index in [1.807, 2.05) is 18.2 Å². The number of carbonyl (C=O) groups is 1. The van der Waals surface area contributed by atoms with Gasteiger partial charge in [-0.1, -0.05) is 19.3 Å². The Bertz CT molecular complexity index is 1020. The van der Waals surface area contributed by atoms with E-state index < -0.39 is 0 Å². The van der Waals surface area contributed by atoms with Gasteiger partial charge in [-0.3, -0.25) is 4.79 Å². The first-order chi connectivity index (χ1) is 14.6. The zero-order chi connectivity index (χ0) is 21.1. The molecule has 0 atom stereocenters.